The van der Waals surface area contributed by atoms with E-state index in [-0.39, 0.29) is 16.2 Å². The summed E-state index contributed by atoms with van der Waals surface area (Å²) in [6, 6.07) is 14.0. The van der Waals surface area contributed by atoms with Crippen LogP contribution in [0.3, 0.4) is 0 Å². The summed E-state index contributed by atoms with van der Waals surface area (Å²) in [6.07, 6.45) is 2.38. The first kappa shape index (κ1) is 15.9. The molecule has 126 valence electrons. The van der Waals surface area contributed by atoms with E-state index < -0.39 is 6.04 Å². The molecule has 25 heavy (non-hydrogen) atoms. The number of nitrogens with one attached hydrogen (secondary N) is 1. The number of nitrogens with zero attached hydrogens (tertiary/aromatic N) is 1. The number of benzene rings is 2. The minimum atomic E-state index is -0.509. The predicted molar refractivity (Wildman–Crippen MR) is 96.1 cm³/mol. The number of amides is 1. The summed E-state index contributed by atoms with van der Waals surface area (Å²) in [5, 5.41) is 3.24. The molecule has 1 N–H and O–H groups in total. The second kappa shape index (κ2) is 6.37. The van der Waals surface area contributed by atoms with Crippen molar-refractivity contribution in [3.05, 3.63) is 71.7 Å². The van der Waals surface area contributed by atoms with Crippen molar-refractivity contribution in [1.82, 2.24) is 9.88 Å². The predicted octanol–water partition coefficient (Wildman–Crippen LogP) is 3.72. The van der Waals surface area contributed by atoms with Crippen LogP contribution in [-0.4, -0.2) is 21.0 Å². The topological polar surface area (TPSA) is 51.1 Å². The summed E-state index contributed by atoms with van der Waals surface area (Å²) in [5.74, 6) is -0.239. The van der Waals surface area contributed by atoms with Gasteiger partial charge in [-0.3, -0.25) is 9.59 Å². The Labute approximate surface area is 148 Å². The van der Waals surface area contributed by atoms with E-state index in [1.165, 1.54) is 6.07 Å². The second-order valence-corrected chi connectivity index (χ2v) is 6.98. The molecule has 1 amide bonds. The fourth-order valence-corrected chi connectivity index (χ4v) is 3.84. The van der Waals surface area contributed by atoms with Gasteiger partial charge in [0.1, 0.15) is 11.9 Å². The standard InChI is InChI=1S/C19H15FN2O2S/c20-15-7-3-1-5-12(15)10-22-11-13(14-6-2-4-8-17(14)22)9-16-18(23)25-19(24)21-16/h1-8,11,16H,9-10H2,(H,21,24). The monoisotopic (exact) mass is 354 g/mol. The molecule has 1 atom stereocenters. The molecular formula is C19H15FN2O2S. The molecule has 0 bridgehead atoms. The van der Waals surface area contributed by atoms with E-state index in [0.29, 0.717) is 18.5 Å². The number of halogens is 1. The highest BCUT2D eigenvalue weighted by atomic mass is 32.2. The van der Waals surface area contributed by atoms with Crippen LogP contribution in [-0.2, 0) is 17.8 Å². The van der Waals surface area contributed by atoms with Gasteiger partial charge in [0.25, 0.3) is 5.24 Å². The summed E-state index contributed by atoms with van der Waals surface area (Å²) < 4.78 is 16.0. The van der Waals surface area contributed by atoms with Crippen molar-refractivity contribution in [1.29, 1.82) is 0 Å². The molecule has 0 spiro atoms. The Balaban J connectivity index is 1.70. The minimum Gasteiger partial charge on any atom is -0.343 e. The fourth-order valence-electron chi connectivity index (χ4n) is 3.17. The molecule has 1 unspecified atom stereocenters. The number of aromatic nitrogens is 1. The van der Waals surface area contributed by atoms with Gasteiger partial charge in [0.2, 0.25) is 5.12 Å². The number of rotatable bonds is 4. The third kappa shape index (κ3) is 3.05. The molecule has 1 aromatic heterocycles. The Morgan fingerprint density at radius 2 is 1.80 bits per heavy atom. The molecular weight excluding hydrogens is 339 g/mol. The van der Waals surface area contributed by atoms with Crippen LogP contribution in [0.4, 0.5) is 9.18 Å². The molecule has 2 aromatic carbocycles. The van der Waals surface area contributed by atoms with E-state index >= 15 is 0 Å². The Morgan fingerprint density at radius 1 is 1.04 bits per heavy atom. The third-order valence-corrected chi connectivity index (χ3v) is 5.15. The van der Waals surface area contributed by atoms with Gasteiger partial charge in [-0.2, -0.15) is 0 Å². The highest BCUT2D eigenvalue weighted by Gasteiger charge is 2.32. The van der Waals surface area contributed by atoms with Crippen LogP contribution >= 0.6 is 11.8 Å². The molecule has 3 aromatic rings. The van der Waals surface area contributed by atoms with Crippen LogP contribution in [0.2, 0.25) is 0 Å². The lowest BCUT2D eigenvalue weighted by molar-refractivity contribution is -0.112. The smallest absolute Gasteiger partial charge is 0.287 e. The molecule has 0 saturated carbocycles. The van der Waals surface area contributed by atoms with Crippen molar-refractivity contribution in [3.63, 3.8) is 0 Å². The summed E-state index contributed by atoms with van der Waals surface area (Å²) >= 11 is 0.719. The molecule has 0 radical (unpaired) electrons. The first-order chi connectivity index (χ1) is 12.1. The SMILES string of the molecule is O=C1NC(Cc2cn(Cc3ccccc3F)c3ccccc23)C(=O)S1. The van der Waals surface area contributed by atoms with E-state index in [2.05, 4.69) is 5.32 Å². The van der Waals surface area contributed by atoms with Gasteiger partial charge in [0.05, 0.1) is 6.54 Å². The number of para-hydroxylation sites is 1. The lowest BCUT2D eigenvalue weighted by Crippen LogP contribution is -2.30. The highest BCUT2D eigenvalue weighted by molar-refractivity contribution is 8.26. The third-order valence-electron chi connectivity index (χ3n) is 4.36. The molecule has 0 aliphatic carbocycles. The molecule has 4 nitrogen and oxygen atoms in total. The number of fused-ring (bicyclic) bond motifs is 1. The Bertz CT molecular complexity index is 982. The average Bonchev–Trinajstić information content (AvgIpc) is 3.10. The van der Waals surface area contributed by atoms with Crippen molar-refractivity contribution in [2.24, 2.45) is 0 Å². The molecule has 1 saturated heterocycles. The zero-order valence-electron chi connectivity index (χ0n) is 13.2. The van der Waals surface area contributed by atoms with Gasteiger partial charge in [-0.05, 0) is 17.7 Å². The molecule has 4 rings (SSSR count). The van der Waals surface area contributed by atoms with Gasteiger partial charge in [0, 0.05) is 40.8 Å². The van der Waals surface area contributed by atoms with Gasteiger partial charge in [-0.25, -0.2) is 4.39 Å². The van der Waals surface area contributed by atoms with Crippen LogP contribution in [0.1, 0.15) is 11.1 Å². The molecule has 1 fully saturated rings. The van der Waals surface area contributed by atoms with E-state index in [1.54, 1.807) is 12.1 Å². The maximum Gasteiger partial charge on any atom is 0.287 e. The van der Waals surface area contributed by atoms with Crippen molar-refractivity contribution < 1.29 is 14.0 Å². The number of carbonyl (C=O) groups excluding carboxylic acids is 2. The van der Waals surface area contributed by atoms with Crippen LogP contribution in [0.25, 0.3) is 10.9 Å². The van der Waals surface area contributed by atoms with Crippen molar-refractivity contribution in [2.45, 2.75) is 19.0 Å². The molecule has 2 heterocycles. The van der Waals surface area contributed by atoms with Crippen LogP contribution in [0.5, 0.6) is 0 Å². The minimum absolute atomic E-state index is 0.157. The zero-order valence-corrected chi connectivity index (χ0v) is 14.1. The average molecular weight is 354 g/mol. The van der Waals surface area contributed by atoms with Gasteiger partial charge >= 0.3 is 0 Å². The zero-order chi connectivity index (χ0) is 17.4. The number of hydrogen-bond donors (Lipinski definition) is 1. The Hall–Kier alpha value is -2.60. The number of carbonyl (C=O) groups is 2. The summed E-state index contributed by atoms with van der Waals surface area (Å²) in [4.78, 5) is 23.3. The molecule has 6 heteroatoms. The maximum absolute atomic E-state index is 14.0. The Kier molecular flexibility index (Phi) is 4.05. The summed E-state index contributed by atoms with van der Waals surface area (Å²) in [5.41, 5.74) is 2.55. The number of hydrogen-bond acceptors (Lipinski definition) is 3. The maximum atomic E-state index is 14.0. The summed E-state index contributed by atoms with van der Waals surface area (Å²) in [7, 11) is 0. The second-order valence-electron chi connectivity index (χ2n) is 6.00. The lowest BCUT2D eigenvalue weighted by atomic mass is 10.1. The van der Waals surface area contributed by atoms with Gasteiger partial charge in [0.15, 0.2) is 0 Å². The van der Waals surface area contributed by atoms with Gasteiger partial charge in [-0.1, -0.05) is 36.4 Å². The summed E-state index contributed by atoms with van der Waals surface area (Å²) in [6.45, 7) is 0.410. The van der Waals surface area contributed by atoms with Crippen molar-refractivity contribution >= 4 is 33.0 Å². The van der Waals surface area contributed by atoms with E-state index in [0.717, 1.165) is 28.2 Å². The first-order valence-electron chi connectivity index (χ1n) is 7.94. The van der Waals surface area contributed by atoms with Gasteiger partial charge in [-0.15, -0.1) is 0 Å². The fraction of sp³-hybridized carbons (Fsp3) is 0.158. The largest absolute Gasteiger partial charge is 0.343 e. The van der Waals surface area contributed by atoms with Crippen LogP contribution < -0.4 is 5.32 Å². The number of thioether (sulfide) groups is 1. The van der Waals surface area contributed by atoms with Crippen molar-refractivity contribution in [2.75, 3.05) is 0 Å². The highest BCUT2D eigenvalue weighted by Crippen LogP contribution is 2.26. The first-order valence-corrected chi connectivity index (χ1v) is 8.76. The normalized spacial score (nSPS) is 17.2. The van der Waals surface area contributed by atoms with E-state index in [9.17, 15) is 14.0 Å². The van der Waals surface area contributed by atoms with Gasteiger partial charge < -0.3 is 9.88 Å². The van der Waals surface area contributed by atoms with E-state index in [1.807, 2.05) is 41.1 Å². The molecule has 1 aliphatic heterocycles. The van der Waals surface area contributed by atoms with Crippen LogP contribution in [0, 0.1) is 5.82 Å². The lowest BCUT2D eigenvalue weighted by Gasteiger charge is -2.07. The van der Waals surface area contributed by atoms with E-state index in [4.69, 9.17) is 0 Å². The quantitative estimate of drug-likeness (QED) is 0.777. The Morgan fingerprint density at radius 3 is 2.56 bits per heavy atom. The molecule has 1 aliphatic rings. The van der Waals surface area contributed by atoms with Crippen molar-refractivity contribution in [3.8, 4) is 0 Å². The van der Waals surface area contributed by atoms with Crippen LogP contribution in [0.15, 0.2) is 54.7 Å².